The van der Waals surface area contributed by atoms with Crippen molar-refractivity contribution in [3.05, 3.63) is 98.3 Å². The average Bonchev–Trinajstić information content (AvgIpc) is 2.74. The van der Waals surface area contributed by atoms with Crippen LogP contribution in [-0.2, 0) is 36.7 Å². The Morgan fingerprint density at radius 3 is 2.33 bits per heavy atom. The molecule has 1 amide bonds. The van der Waals surface area contributed by atoms with E-state index < -0.39 is 17.2 Å². The minimum Gasteiger partial charge on any atom is -0.456 e. The molecule has 3 aromatic rings. The molecule has 0 spiro atoms. The monoisotopic (exact) mass is 407 g/mol. The van der Waals surface area contributed by atoms with E-state index in [0.717, 1.165) is 10.1 Å². The maximum Gasteiger partial charge on any atom is 0.340 e. The van der Waals surface area contributed by atoms with E-state index in [9.17, 15) is 19.2 Å². The van der Waals surface area contributed by atoms with Crippen molar-refractivity contribution in [2.24, 2.45) is 14.1 Å². The molecule has 1 N–H and O–H groups in total. The average molecular weight is 407 g/mol. The van der Waals surface area contributed by atoms with Gasteiger partial charge in [0.2, 0.25) is 5.91 Å². The standard InChI is InChI=1S/C22H21N3O5/c1-24-16(13-20(27)25(2)22(24)29)14-30-21(28)17-10-6-7-11-18(17)23-19(26)12-15-8-4-3-5-9-15/h3-11,13H,12,14H2,1-2H3,(H,23,26). The van der Waals surface area contributed by atoms with Crippen LogP contribution in [0.4, 0.5) is 5.69 Å². The molecule has 0 aliphatic rings. The number of nitrogens with zero attached hydrogens (tertiary/aromatic N) is 2. The summed E-state index contributed by atoms with van der Waals surface area (Å²) in [5.41, 5.74) is 0.609. The van der Waals surface area contributed by atoms with E-state index >= 15 is 0 Å². The largest absolute Gasteiger partial charge is 0.456 e. The number of hydrogen-bond acceptors (Lipinski definition) is 5. The molecule has 0 aliphatic heterocycles. The lowest BCUT2D eigenvalue weighted by Crippen LogP contribution is -2.38. The van der Waals surface area contributed by atoms with Crippen LogP contribution in [0.15, 0.2) is 70.3 Å². The zero-order chi connectivity index (χ0) is 21.7. The van der Waals surface area contributed by atoms with Gasteiger partial charge in [-0.15, -0.1) is 0 Å². The Morgan fingerprint density at radius 2 is 1.60 bits per heavy atom. The Hall–Kier alpha value is -3.94. The molecular weight excluding hydrogens is 386 g/mol. The Morgan fingerprint density at radius 1 is 0.933 bits per heavy atom. The summed E-state index contributed by atoms with van der Waals surface area (Å²) in [6, 6.07) is 17.0. The van der Waals surface area contributed by atoms with Crippen molar-refractivity contribution in [3.63, 3.8) is 0 Å². The van der Waals surface area contributed by atoms with Crippen molar-refractivity contribution >= 4 is 17.6 Å². The minimum absolute atomic E-state index is 0.166. The first-order valence-corrected chi connectivity index (χ1v) is 9.22. The Kier molecular flexibility index (Phi) is 6.26. The lowest BCUT2D eigenvalue weighted by Gasteiger charge is -2.13. The second-order valence-electron chi connectivity index (χ2n) is 6.71. The molecule has 0 atom stereocenters. The van der Waals surface area contributed by atoms with Gasteiger partial charge in [-0.25, -0.2) is 9.59 Å². The third-order valence-electron chi connectivity index (χ3n) is 4.61. The maximum atomic E-state index is 12.6. The van der Waals surface area contributed by atoms with E-state index in [1.807, 2.05) is 30.3 Å². The zero-order valence-electron chi connectivity index (χ0n) is 16.6. The van der Waals surface area contributed by atoms with Gasteiger partial charge in [-0.2, -0.15) is 0 Å². The first-order chi connectivity index (χ1) is 14.4. The number of anilines is 1. The number of nitrogens with one attached hydrogen (secondary N) is 1. The summed E-state index contributed by atoms with van der Waals surface area (Å²) < 4.78 is 7.49. The molecule has 8 nitrogen and oxygen atoms in total. The van der Waals surface area contributed by atoms with Crippen LogP contribution in [-0.4, -0.2) is 21.0 Å². The number of carbonyl (C=O) groups excluding carboxylic acids is 2. The molecule has 3 rings (SSSR count). The lowest BCUT2D eigenvalue weighted by atomic mass is 10.1. The van der Waals surface area contributed by atoms with Gasteiger partial charge in [0.05, 0.1) is 23.4 Å². The molecule has 0 bridgehead atoms. The highest BCUT2D eigenvalue weighted by Crippen LogP contribution is 2.17. The number of hydrogen-bond donors (Lipinski definition) is 1. The Balaban J connectivity index is 1.72. The topological polar surface area (TPSA) is 99.4 Å². The summed E-state index contributed by atoms with van der Waals surface area (Å²) in [5.74, 6) is -0.950. The summed E-state index contributed by atoms with van der Waals surface area (Å²) in [6.07, 6.45) is 0.166. The third kappa shape index (κ3) is 4.72. The van der Waals surface area contributed by atoms with Crippen LogP contribution >= 0.6 is 0 Å². The molecule has 0 fully saturated rings. The summed E-state index contributed by atoms with van der Waals surface area (Å²) in [6.45, 7) is -0.257. The fourth-order valence-electron chi connectivity index (χ4n) is 2.88. The van der Waals surface area contributed by atoms with Crippen molar-refractivity contribution in [1.82, 2.24) is 9.13 Å². The van der Waals surface area contributed by atoms with E-state index in [0.29, 0.717) is 5.69 Å². The predicted octanol–water partition coefficient (Wildman–Crippen LogP) is 1.62. The van der Waals surface area contributed by atoms with Crippen molar-refractivity contribution in [2.75, 3.05) is 5.32 Å². The Labute approximate surface area is 172 Å². The zero-order valence-corrected chi connectivity index (χ0v) is 16.6. The molecule has 2 aromatic carbocycles. The first-order valence-electron chi connectivity index (χ1n) is 9.22. The quantitative estimate of drug-likeness (QED) is 0.626. The number of para-hydroxylation sites is 1. The number of benzene rings is 2. The number of ether oxygens (including phenoxy) is 1. The molecule has 8 heteroatoms. The van der Waals surface area contributed by atoms with Crippen LogP contribution in [0.5, 0.6) is 0 Å². The molecule has 0 unspecified atom stereocenters. The first kappa shape index (κ1) is 20.8. The molecule has 0 saturated heterocycles. The second kappa shape index (κ2) is 9.04. The molecule has 30 heavy (non-hydrogen) atoms. The van der Waals surface area contributed by atoms with Gasteiger partial charge in [0.1, 0.15) is 6.61 Å². The fourth-order valence-corrected chi connectivity index (χ4v) is 2.88. The Bertz CT molecular complexity index is 1200. The van der Waals surface area contributed by atoms with Crippen LogP contribution < -0.4 is 16.6 Å². The van der Waals surface area contributed by atoms with Crippen LogP contribution in [0.2, 0.25) is 0 Å². The van der Waals surface area contributed by atoms with Crippen LogP contribution in [0.25, 0.3) is 0 Å². The number of rotatable bonds is 6. The molecule has 154 valence electrons. The highest BCUT2D eigenvalue weighted by Gasteiger charge is 2.16. The fraction of sp³-hybridized carbons (Fsp3) is 0.182. The van der Waals surface area contributed by atoms with Gasteiger partial charge in [0.15, 0.2) is 0 Å². The third-order valence-corrected chi connectivity index (χ3v) is 4.61. The van der Waals surface area contributed by atoms with Gasteiger partial charge >= 0.3 is 11.7 Å². The predicted molar refractivity (Wildman–Crippen MR) is 111 cm³/mol. The number of esters is 1. The van der Waals surface area contributed by atoms with Crippen LogP contribution in [0.1, 0.15) is 21.6 Å². The number of amides is 1. The summed E-state index contributed by atoms with van der Waals surface area (Å²) >= 11 is 0. The molecule has 0 radical (unpaired) electrons. The SMILES string of the molecule is Cn1c(COC(=O)c2ccccc2NC(=O)Cc2ccccc2)cc(=O)n(C)c1=O. The summed E-state index contributed by atoms with van der Waals surface area (Å²) in [7, 11) is 2.86. The smallest absolute Gasteiger partial charge is 0.340 e. The van der Waals surface area contributed by atoms with E-state index in [1.54, 1.807) is 18.2 Å². The summed E-state index contributed by atoms with van der Waals surface area (Å²) in [5, 5.41) is 2.73. The maximum absolute atomic E-state index is 12.6. The molecule has 0 saturated carbocycles. The van der Waals surface area contributed by atoms with Gasteiger partial charge in [-0.05, 0) is 17.7 Å². The van der Waals surface area contributed by atoms with Gasteiger partial charge in [0.25, 0.3) is 5.56 Å². The van der Waals surface area contributed by atoms with Crippen molar-refractivity contribution in [2.45, 2.75) is 13.0 Å². The second-order valence-corrected chi connectivity index (χ2v) is 6.71. The number of aromatic nitrogens is 2. The number of carbonyl (C=O) groups is 2. The summed E-state index contributed by atoms with van der Waals surface area (Å²) in [4.78, 5) is 48.7. The van der Waals surface area contributed by atoms with Crippen molar-refractivity contribution < 1.29 is 14.3 Å². The molecule has 1 heterocycles. The van der Waals surface area contributed by atoms with Gasteiger partial charge in [-0.3, -0.25) is 18.7 Å². The molecule has 0 aliphatic carbocycles. The van der Waals surface area contributed by atoms with Crippen LogP contribution in [0.3, 0.4) is 0 Å². The molecule has 1 aromatic heterocycles. The van der Waals surface area contributed by atoms with Gasteiger partial charge in [0, 0.05) is 20.2 Å². The van der Waals surface area contributed by atoms with E-state index in [-0.39, 0.29) is 30.2 Å². The van der Waals surface area contributed by atoms with Gasteiger partial charge in [-0.1, -0.05) is 42.5 Å². The highest BCUT2D eigenvalue weighted by atomic mass is 16.5. The molecular formula is C22H21N3O5. The highest BCUT2D eigenvalue weighted by molar-refractivity contribution is 6.01. The lowest BCUT2D eigenvalue weighted by molar-refractivity contribution is -0.115. The minimum atomic E-state index is -0.682. The van der Waals surface area contributed by atoms with E-state index in [1.165, 1.54) is 30.8 Å². The van der Waals surface area contributed by atoms with Crippen LogP contribution in [0, 0.1) is 0 Å². The van der Waals surface area contributed by atoms with E-state index in [4.69, 9.17) is 4.74 Å². The van der Waals surface area contributed by atoms with Crippen molar-refractivity contribution in [1.29, 1.82) is 0 Å². The van der Waals surface area contributed by atoms with Crippen molar-refractivity contribution in [3.8, 4) is 0 Å². The van der Waals surface area contributed by atoms with E-state index in [2.05, 4.69) is 5.32 Å². The normalized spacial score (nSPS) is 10.5. The van der Waals surface area contributed by atoms with Gasteiger partial charge < -0.3 is 10.1 Å².